The largest absolute Gasteiger partial charge is 0.361 e. The Labute approximate surface area is 90.5 Å². The highest BCUT2D eigenvalue weighted by Gasteiger charge is 2.13. The number of hydrogen-bond donors (Lipinski definition) is 2. The first-order valence-electron chi connectivity index (χ1n) is 5.55. The highest BCUT2D eigenvalue weighted by Crippen LogP contribution is 2.24. The molecule has 0 saturated carbocycles. The van der Waals surface area contributed by atoms with E-state index < -0.39 is 0 Å². The third-order valence-electron chi connectivity index (χ3n) is 3.22. The Kier molecular flexibility index (Phi) is 2.78. The summed E-state index contributed by atoms with van der Waals surface area (Å²) in [4.78, 5) is 3.19. The molecule has 2 nitrogen and oxygen atoms in total. The molecule has 0 spiro atoms. The van der Waals surface area contributed by atoms with Crippen LogP contribution in [0.1, 0.15) is 31.9 Å². The lowest BCUT2D eigenvalue weighted by Gasteiger charge is -2.18. The molecule has 1 aromatic heterocycles. The molecule has 1 aromatic carbocycles. The van der Waals surface area contributed by atoms with Crippen LogP contribution in [0.5, 0.6) is 0 Å². The van der Waals surface area contributed by atoms with Gasteiger partial charge in [0.25, 0.3) is 0 Å². The van der Waals surface area contributed by atoms with E-state index in [4.69, 9.17) is 5.73 Å². The van der Waals surface area contributed by atoms with Gasteiger partial charge < -0.3 is 10.7 Å². The first-order chi connectivity index (χ1) is 7.22. The van der Waals surface area contributed by atoms with Crippen LogP contribution in [0.15, 0.2) is 30.5 Å². The molecule has 0 aliphatic rings. The summed E-state index contributed by atoms with van der Waals surface area (Å²) in [6, 6.07) is 8.64. The van der Waals surface area contributed by atoms with Gasteiger partial charge in [-0.15, -0.1) is 0 Å². The summed E-state index contributed by atoms with van der Waals surface area (Å²) in [5.74, 6) is 0.529. The van der Waals surface area contributed by atoms with Gasteiger partial charge in [0, 0.05) is 17.8 Å². The lowest BCUT2D eigenvalue weighted by molar-refractivity contribution is 0.457. The molecule has 2 aromatic rings. The number of aromatic nitrogens is 1. The fraction of sp³-hybridized carbons (Fsp3) is 0.385. The zero-order valence-corrected chi connectivity index (χ0v) is 9.33. The number of aromatic amines is 1. The molecule has 0 fully saturated rings. The van der Waals surface area contributed by atoms with Gasteiger partial charge in [-0.1, -0.05) is 26.3 Å². The Morgan fingerprint density at radius 2 is 2.13 bits per heavy atom. The molecule has 2 rings (SSSR count). The normalized spacial score (nSPS) is 15.4. The molecule has 1 heterocycles. The van der Waals surface area contributed by atoms with E-state index in [9.17, 15) is 0 Å². The van der Waals surface area contributed by atoms with Crippen LogP contribution in [-0.2, 0) is 0 Å². The van der Waals surface area contributed by atoms with E-state index in [-0.39, 0.29) is 6.04 Å². The molecule has 0 saturated heterocycles. The third kappa shape index (κ3) is 1.90. The molecule has 2 heteroatoms. The first kappa shape index (κ1) is 10.2. The molecular formula is C13H18N2. The van der Waals surface area contributed by atoms with Gasteiger partial charge in [-0.3, -0.25) is 0 Å². The predicted molar refractivity (Wildman–Crippen MR) is 64.7 cm³/mol. The highest BCUT2D eigenvalue weighted by molar-refractivity contribution is 5.80. The molecule has 0 aliphatic carbocycles. The lowest BCUT2D eigenvalue weighted by Crippen LogP contribution is -2.18. The zero-order valence-electron chi connectivity index (χ0n) is 9.33. The minimum Gasteiger partial charge on any atom is -0.361 e. The Morgan fingerprint density at radius 3 is 2.87 bits per heavy atom. The molecule has 1 unspecified atom stereocenters. The van der Waals surface area contributed by atoms with Crippen molar-refractivity contribution in [3.8, 4) is 0 Å². The van der Waals surface area contributed by atoms with E-state index >= 15 is 0 Å². The van der Waals surface area contributed by atoms with Crippen LogP contribution < -0.4 is 5.73 Å². The Hall–Kier alpha value is -1.28. The summed E-state index contributed by atoms with van der Waals surface area (Å²) >= 11 is 0. The van der Waals surface area contributed by atoms with Gasteiger partial charge in [-0.25, -0.2) is 0 Å². The molecule has 0 radical (unpaired) electrons. The molecule has 0 aliphatic heterocycles. The Balaban J connectivity index is 2.35. The van der Waals surface area contributed by atoms with E-state index in [0.717, 1.165) is 6.42 Å². The van der Waals surface area contributed by atoms with Gasteiger partial charge in [-0.2, -0.15) is 0 Å². The predicted octanol–water partition coefficient (Wildman–Crippen LogP) is 3.21. The maximum atomic E-state index is 6.20. The minimum atomic E-state index is 0.147. The highest BCUT2D eigenvalue weighted by atomic mass is 14.7. The third-order valence-corrected chi connectivity index (χ3v) is 3.22. The Bertz CT molecular complexity index is 444. The monoisotopic (exact) mass is 202 g/mol. The quantitative estimate of drug-likeness (QED) is 0.788. The second-order valence-electron chi connectivity index (χ2n) is 4.24. The van der Waals surface area contributed by atoms with Gasteiger partial charge in [0.05, 0.1) is 0 Å². The van der Waals surface area contributed by atoms with Crippen molar-refractivity contribution in [1.29, 1.82) is 0 Å². The minimum absolute atomic E-state index is 0.147. The number of fused-ring (bicyclic) bond motifs is 1. The number of H-pyrrole nitrogens is 1. The van der Waals surface area contributed by atoms with E-state index in [0.29, 0.717) is 5.92 Å². The topological polar surface area (TPSA) is 41.8 Å². The van der Waals surface area contributed by atoms with Crippen molar-refractivity contribution in [2.75, 3.05) is 0 Å². The standard InChI is InChI=1S/C13H18N2/c1-3-9(2)13(14)11-4-5-12-10(8-11)6-7-15-12/h4-9,13,15H,3,14H2,1-2H3/t9?,13-/m1/s1. The van der Waals surface area contributed by atoms with Crippen LogP contribution in [-0.4, -0.2) is 4.98 Å². The van der Waals surface area contributed by atoms with Gasteiger partial charge >= 0.3 is 0 Å². The summed E-state index contributed by atoms with van der Waals surface area (Å²) in [6.45, 7) is 4.38. The van der Waals surface area contributed by atoms with E-state index in [2.05, 4.69) is 43.1 Å². The molecule has 15 heavy (non-hydrogen) atoms. The van der Waals surface area contributed by atoms with E-state index in [1.807, 2.05) is 6.20 Å². The Morgan fingerprint density at radius 1 is 1.33 bits per heavy atom. The molecule has 0 bridgehead atoms. The summed E-state index contributed by atoms with van der Waals surface area (Å²) in [7, 11) is 0. The van der Waals surface area contributed by atoms with E-state index in [1.165, 1.54) is 16.5 Å². The molecule has 0 amide bonds. The second kappa shape index (κ2) is 4.07. The van der Waals surface area contributed by atoms with E-state index in [1.54, 1.807) is 0 Å². The van der Waals surface area contributed by atoms with Crippen LogP contribution >= 0.6 is 0 Å². The number of benzene rings is 1. The van der Waals surface area contributed by atoms with Crippen LogP contribution in [0.2, 0.25) is 0 Å². The fourth-order valence-corrected chi connectivity index (χ4v) is 1.86. The maximum Gasteiger partial charge on any atom is 0.0454 e. The maximum absolute atomic E-state index is 6.20. The summed E-state index contributed by atoms with van der Waals surface area (Å²) < 4.78 is 0. The van der Waals surface area contributed by atoms with Crippen molar-refractivity contribution in [1.82, 2.24) is 4.98 Å². The fourth-order valence-electron chi connectivity index (χ4n) is 1.86. The lowest BCUT2D eigenvalue weighted by atomic mass is 9.93. The zero-order chi connectivity index (χ0) is 10.8. The molecule has 2 atom stereocenters. The average Bonchev–Trinajstić information content (AvgIpc) is 2.73. The first-order valence-corrected chi connectivity index (χ1v) is 5.55. The molecular weight excluding hydrogens is 184 g/mol. The molecule has 80 valence electrons. The SMILES string of the molecule is CCC(C)[C@@H](N)c1ccc2[nH]ccc2c1. The average molecular weight is 202 g/mol. The van der Waals surface area contributed by atoms with Crippen molar-refractivity contribution in [3.63, 3.8) is 0 Å². The second-order valence-corrected chi connectivity index (χ2v) is 4.24. The van der Waals surface area contributed by atoms with Crippen LogP contribution in [0.4, 0.5) is 0 Å². The van der Waals surface area contributed by atoms with Crippen LogP contribution in [0.25, 0.3) is 10.9 Å². The number of nitrogens with one attached hydrogen (secondary N) is 1. The van der Waals surface area contributed by atoms with Crippen molar-refractivity contribution >= 4 is 10.9 Å². The number of hydrogen-bond acceptors (Lipinski definition) is 1. The van der Waals surface area contributed by atoms with Crippen molar-refractivity contribution in [3.05, 3.63) is 36.0 Å². The number of rotatable bonds is 3. The van der Waals surface area contributed by atoms with Crippen LogP contribution in [0, 0.1) is 5.92 Å². The van der Waals surface area contributed by atoms with Gasteiger partial charge in [0.15, 0.2) is 0 Å². The smallest absolute Gasteiger partial charge is 0.0454 e. The summed E-state index contributed by atoms with van der Waals surface area (Å²) in [5, 5.41) is 1.24. The van der Waals surface area contributed by atoms with Crippen molar-refractivity contribution in [2.24, 2.45) is 11.7 Å². The van der Waals surface area contributed by atoms with Crippen molar-refractivity contribution < 1.29 is 0 Å². The molecule has 3 N–H and O–H groups in total. The summed E-state index contributed by atoms with van der Waals surface area (Å²) in [5.41, 5.74) is 8.61. The summed E-state index contributed by atoms with van der Waals surface area (Å²) in [6.07, 6.45) is 3.08. The van der Waals surface area contributed by atoms with Gasteiger partial charge in [0.2, 0.25) is 0 Å². The van der Waals surface area contributed by atoms with Gasteiger partial charge in [-0.05, 0) is 35.1 Å². The van der Waals surface area contributed by atoms with Crippen LogP contribution in [0.3, 0.4) is 0 Å². The van der Waals surface area contributed by atoms with Gasteiger partial charge in [0.1, 0.15) is 0 Å². The number of nitrogens with two attached hydrogens (primary N) is 1. The van der Waals surface area contributed by atoms with Crippen molar-refractivity contribution in [2.45, 2.75) is 26.3 Å².